The minimum Gasteiger partial charge on any atom is -0.320 e. The number of nitrogens with one attached hydrogen (secondary N) is 1. The van der Waals surface area contributed by atoms with Gasteiger partial charge in [-0.15, -0.1) is 5.10 Å². The van der Waals surface area contributed by atoms with Crippen molar-refractivity contribution in [2.75, 3.05) is 5.32 Å². The van der Waals surface area contributed by atoms with Gasteiger partial charge < -0.3 is 5.32 Å². The second kappa shape index (κ2) is 8.02. The number of amides is 1. The number of rotatable bonds is 5. The first-order valence-corrected chi connectivity index (χ1v) is 9.56. The summed E-state index contributed by atoms with van der Waals surface area (Å²) in [5, 5.41) is 25.7. The minimum atomic E-state index is -0.586. The number of benzene rings is 2. The van der Waals surface area contributed by atoms with Crippen LogP contribution in [-0.4, -0.2) is 35.6 Å². The van der Waals surface area contributed by atoms with E-state index in [9.17, 15) is 19.3 Å². The van der Waals surface area contributed by atoms with Crippen molar-refractivity contribution < 1.29 is 14.1 Å². The molecule has 0 spiro atoms. The van der Waals surface area contributed by atoms with Gasteiger partial charge in [0.05, 0.1) is 22.0 Å². The van der Waals surface area contributed by atoms with Crippen LogP contribution in [0, 0.1) is 36.7 Å². The molecule has 0 saturated heterocycles. The van der Waals surface area contributed by atoms with Gasteiger partial charge in [0.25, 0.3) is 11.6 Å². The van der Waals surface area contributed by atoms with E-state index in [1.54, 1.807) is 19.1 Å². The molecule has 0 aliphatic carbocycles. The highest BCUT2D eigenvalue weighted by Gasteiger charge is 2.19. The topological polar surface area (TPSA) is 121 Å². The van der Waals surface area contributed by atoms with Gasteiger partial charge in [-0.05, 0) is 51.1 Å². The maximum Gasteiger partial charge on any atom is 0.278 e. The molecule has 11 heteroatoms. The summed E-state index contributed by atoms with van der Waals surface area (Å²) in [5.74, 6) is -1.14. The summed E-state index contributed by atoms with van der Waals surface area (Å²) in [6.07, 6.45) is 0. The zero-order valence-corrected chi connectivity index (χ0v) is 17.4. The van der Waals surface area contributed by atoms with Crippen molar-refractivity contribution in [2.24, 2.45) is 0 Å². The highest BCUT2D eigenvalue weighted by Crippen LogP contribution is 2.22. The summed E-state index contributed by atoms with van der Waals surface area (Å²) in [6.45, 7) is 5.25. The van der Waals surface area contributed by atoms with E-state index in [0.29, 0.717) is 11.4 Å². The lowest BCUT2D eigenvalue weighted by Gasteiger charge is -2.09. The fourth-order valence-electron chi connectivity index (χ4n) is 3.34. The Hall–Kier alpha value is -4.41. The van der Waals surface area contributed by atoms with Crippen molar-refractivity contribution in [3.05, 3.63) is 87.2 Å². The SMILES string of the molecule is Cc1cc(C)n(-c2ccc(NC(=O)c3nnn(-c4cccc([N+](=O)[O-])c4)c3C)cc2F)n1. The number of carbonyl (C=O) groups excluding carboxylic acids is 1. The van der Waals surface area contributed by atoms with Crippen LogP contribution < -0.4 is 5.32 Å². The average Bonchev–Trinajstić information content (AvgIpc) is 3.29. The number of anilines is 1. The van der Waals surface area contributed by atoms with Gasteiger partial charge in [-0.3, -0.25) is 14.9 Å². The summed E-state index contributed by atoms with van der Waals surface area (Å²) < 4.78 is 17.5. The Morgan fingerprint density at radius 3 is 2.53 bits per heavy atom. The summed E-state index contributed by atoms with van der Waals surface area (Å²) in [4.78, 5) is 23.2. The fraction of sp³-hybridized carbons (Fsp3) is 0.143. The second-order valence-corrected chi connectivity index (χ2v) is 7.17. The van der Waals surface area contributed by atoms with Gasteiger partial charge in [0.2, 0.25) is 0 Å². The molecule has 1 amide bonds. The molecule has 0 fully saturated rings. The number of nitro benzene ring substituents is 1. The van der Waals surface area contributed by atoms with Gasteiger partial charge in [0, 0.05) is 23.5 Å². The van der Waals surface area contributed by atoms with Crippen LogP contribution in [0.2, 0.25) is 0 Å². The molecule has 0 atom stereocenters. The summed E-state index contributed by atoms with van der Waals surface area (Å²) in [5.41, 5.74) is 2.73. The third-order valence-electron chi connectivity index (χ3n) is 4.84. The maximum absolute atomic E-state index is 14.7. The van der Waals surface area contributed by atoms with Crippen molar-refractivity contribution in [3.8, 4) is 11.4 Å². The van der Waals surface area contributed by atoms with Crippen LogP contribution in [0.3, 0.4) is 0 Å². The lowest BCUT2D eigenvalue weighted by atomic mass is 10.2. The van der Waals surface area contributed by atoms with E-state index in [1.807, 2.05) is 19.9 Å². The van der Waals surface area contributed by atoms with Crippen LogP contribution in [0.15, 0.2) is 48.5 Å². The molecule has 0 radical (unpaired) electrons. The molecule has 2 heterocycles. The number of aromatic nitrogens is 5. The smallest absolute Gasteiger partial charge is 0.278 e. The molecule has 0 aliphatic rings. The molecule has 2 aromatic carbocycles. The number of aryl methyl sites for hydroxylation is 2. The van der Waals surface area contributed by atoms with E-state index < -0.39 is 16.6 Å². The van der Waals surface area contributed by atoms with E-state index in [-0.39, 0.29) is 22.8 Å². The van der Waals surface area contributed by atoms with Gasteiger partial charge in [-0.2, -0.15) is 5.10 Å². The quantitative estimate of drug-likeness (QED) is 0.377. The average molecular weight is 435 g/mol. The van der Waals surface area contributed by atoms with Crippen LogP contribution in [-0.2, 0) is 0 Å². The molecular formula is C21H18FN7O3. The number of halogens is 1. The third-order valence-corrected chi connectivity index (χ3v) is 4.84. The molecule has 4 aromatic rings. The van der Waals surface area contributed by atoms with Gasteiger partial charge in [0.15, 0.2) is 11.5 Å². The highest BCUT2D eigenvalue weighted by molar-refractivity contribution is 6.03. The number of hydrogen-bond donors (Lipinski definition) is 1. The van der Waals surface area contributed by atoms with Gasteiger partial charge in [-0.1, -0.05) is 11.3 Å². The third kappa shape index (κ3) is 3.83. The highest BCUT2D eigenvalue weighted by atomic mass is 19.1. The molecule has 32 heavy (non-hydrogen) atoms. The Morgan fingerprint density at radius 1 is 1.09 bits per heavy atom. The molecule has 0 bridgehead atoms. The molecule has 0 aliphatic heterocycles. The number of non-ortho nitro benzene ring substituents is 1. The Balaban J connectivity index is 1.57. The molecule has 4 rings (SSSR count). The molecule has 162 valence electrons. The monoisotopic (exact) mass is 435 g/mol. The Kier molecular flexibility index (Phi) is 5.23. The van der Waals surface area contributed by atoms with E-state index >= 15 is 0 Å². The Morgan fingerprint density at radius 2 is 1.88 bits per heavy atom. The van der Waals surface area contributed by atoms with E-state index in [1.165, 1.54) is 39.7 Å². The van der Waals surface area contributed by atoms with Crippen molar-refractivity contribution in [1.82, 2.24) is 24.8 Å². The Labute approximate surface area is 181 Å². The second-order valence-electron chi connectivity index (χ2n) is 7.17. The number of hydrogen-bond acceptors (Lipinski definition) is 6. The molecular weight excluding hydrogens is 417 g/mol. The predicted molar refractivity (Wildman–Crippen MR) is 114 cm³/mol. The number of nitro groups is 1. The van der Waals surface area contributed by atoms with E-state index in [4.69, 9.17) is 0 Å². The Bertz CT molecular complexity index is 1360. The van der Waals surface area contributed by atoms with Crippen LogP contribution >= 0.6 is 0 Å². The zero-order valence-electron chi connectivity index (χ0n) is 17.4. The van der Waals surface area contributed by atoms with Crippen molar-refractivity contribution in [3.63, 3.8) is 0 Å². The summed E-state index contributed by atoms with van der Waals surface area (Å²) in [6, 6.07) is 11.9. The molecule has 1 N–H and O–H groups in total. The summed E-state index contributed by atoms with van der Waals surface area (Å²) >= 11 is 0. The van der Waals surface area contributed by atoms with Crippen molar-refractivity contribution >= 4 is 17.3 Å². The fourth-order valence-corrected chi connectivity index (χ4v) is 3.34. The number of carbonyl (C=O) groups is 1. The van der Waals surface area contributed by atoms with Crippen LogP contribution in [0.4, 0.5) is 15.8 Å². The van der Waals surface area contributed by atoms with Gasteiger partial charge in [0.1, 0.15) is 5.69 Å². The molecule has 0 unspecified atom stereocenters. The lowest BCUT2D eigenvalue weighted by molar-refractivity contribution is -0.384. The molecule has 10 nitrogen and oxygen atoms in total. The van der Waals surface area contributed by atoms with E-state index in [2.05, 4.69) is 20.7 Å². The number of nitrogens with zero attached hydrogens (tertiary/aromatic N) is 6. The standard InChI is InChI=1S/C21H18FN7O3/c1-12-9-13(2)27(25-12)19-8-7-15(10-18(19)22)23-21(30)20-14(3)28(26-24-20)16-5-4-6-17(11-16)29(31)32/h4-11H,1-3H3,(H,23,30). The minimum absolute atomic E-state index is 0.0135. The first-order valence-electron chi connectivity index (χ1n) is 9.56. The molecule has 2 aromatic heterocycles. The van der Waals surface area contributed by atoms with Crippen LogP contribution in [0.5, 0.6) is 0 Å². The van der Waals surface area contributed by atoms with Crippen molar-refractivity contribution in [2.45, 2.75) is 20.8 Å². The predicted octanol–water partition coefficient (Wildman–Crippen LogP) is 3.68. The summed E-state index contributed by atoms with van der Waals surface area (Å²) in [7, 11) is 0. The first-order chi connectivity index (χ1) is 15.2. The maximum atomic E-state index is 14.7. The van der Waals surface area contributed by atoms with Crippen molar-refractivity contribution in [1.29, 1.82) is 0 Å². The normalized spacial score (nSPS) is 10.9. The lowest BCUT2D eigenvalue weighted by Crippen LogP contribution is -2.14. The van der Waals surface area contributed by atoms with Crippen LogP contribution in [0.1, 0.15) is 27.6 Å². The first kappa shape index (κ1) is 20.8. The zero-order chi connectivity index (χ0) is 23.0. The molecule has 0 saturated carbocycles. The van der Waals surface area contributed by atoms with Crippen LogP contribution in [0.25, 0.3) is 11.4 Å². The van der Waals surface area contributed by atoms with Gasteiger partial charge >= 0.3 is 0 Å². The largest absolute Gasteiger partial charge is 0.320 e. The van der Waals surface area contributed by atoms with E-state index in [0.717, 1.165) is 11.4 Å². The van der Waals surface area contributed by atoms with Gasteiger partial charge in [-0.25, -0.2) is 13.8 Å².